The minimum Gasteiger partial charge on any atom is -0.461 e. The van der Waals surface area contributed by atoms with Crippen LogP contribution in [0.4, 0.5) is 0 Å². The molecular formula is C16H28O3. The lowest BCUT2D eigenvalue weighted by Crippen LogP contribution is -2.35. The van der Waals surface area contributed by atoms with E-state index >= 15 is 0 Å². The molecule has 1 fully saturated rings. The van der Waals surface area contributed by atoms with Crippen molar-refractivity contribution in [1.82, 2.24) is 0 Å². The average Bonchev–Trinajstić information content (AvgIpc) is 2.63. The van der Waals surface area contributed by atoms with Crippen LogP contribution in [0.5, 0.6) is 0 Å². The van der Waals surface area contributed by atoms with Gasteiger partial charge in [0.05, 0.1) is 5.92 Å². The van der Waals surface area contributed by atoms with Crippen LogP contribution in [0.2, 0.25) is 0 Å². The molecule has 0 aromatic carbocycles. The van der Waals surface area contributed by atoms with E-state index in [4.69, 9.17) is 4.74 Å². The van der Waals surface area contributed by atoms with Crippen LogP contribution in [0.25, 0.3) is 0 Å². The smallest absolute Gasteiger partial charge is 0.293 e. The maximum Gasteiger partial charge on any atom is 0.293 e. The highest BCUT2D eigenvalue weighted by Gasteiger charge is 2.45. The van der Waals surface area contributed by atoms with Gasteiger partial charge in [0.2, 0.25) is 0 Å². The number of Topliss-reactive ketones (excluding diaryl/α,β-unsaturated/α-hetero) is 1. The number of unbranched alkanes of at least 4 members (excludes halogenated alkanes) is 3. The molecule has 3 heteroatoms. The van der Waals surface area contributed by atoms with E-state index in [1.807, 2.05) is 13.8 Å². The molecule has 0 saturated heterocycles. The Balaban J connectivity index is 0.000000982. The van der Waals surface area contributed by atoms with Crippen molar-refractivity contribution in [3.8, 4) is 0 Å². The van der Waals surface area contributed by atoms with E-state index in [1.165, 1.54) is 12.8 Å². The zero-order valence-electron chi connectivity index (χ0n) is 12.6. The number of hydrogen-bond acceptors (Lipinski definition) is 3. The SMILES string of the molecule is C=CC.CCCCCCC1C(=O)CCC1(C)OC=O. The van der Waals surface area contributed by atoms with Gasteiger partial charge in [-0.05, 0) is 26.7 Å². The first-order chi connectivity index (χ1) is 9.05. The molecule has 0 bridgehead atoms. The molecule has 0 heterocycles. The molecular weight excluding hydrogens is 240 g/mol. The van der Waals surface area contributed by atoms with Crippen LogP contribution in [0, 0.1) is 5.92 Å². The van der Waals surface area contributed by atoms with Gasteiger partial charge < -0.3 is 4.74 Å². The Morgan fingerprint density at radius 3 is 2.58 bits per heavy atom. The summed E-state index contributed by atoms with van der Waals surface area (Å²) in [5.74, 6) is 0.190. The van der Waals surface area contributed by atoms with Crippen LogP contribution >= 0.6 is 0 Å². The summed E-state index contributed by atoms with van der Waals surface area (Å²) in [5.41, 5.74) is -0.537. The molecule has 0 spiro atoms. The van der Waals surface area contributed by atoms with Crippen molar-refractivity contribution in [2.45, 2.75) is 71.3 Å². The second-order valence-corrected chi connectivity index (χ2v) is 5.30. The van der Waals surface area contributed by atoms with Gasteiger partial charge in [-0.1, -0.05) is 38.7 Å². The molecule has 0 aromatic rings. The minimum absolute atomic E-state index is 0.0745. The van der Waals surface area contributed by atoms with Gasteiger partial charge in [0.15, 0.2) is 0 Å². The van der Waals surface area contributed by atoms with Crippen molar-refractivity contribution in [1.29, 1.82) is 0 Å². The molecule has 1 saturated carbocycles. The molecule has 2 unspecified atom stereocenters. The molecule has 0 aromatic heterocycles. The average molecular weight is 268 g/mol. The van der Waals surface area contributed by atoms with E-state index in [2.05, 4.69) is 13.5 Å². The summed E-state index contributed by atoms with van der Waals surface area (Å²) in [5, 5.41) is 0. The molecule has 3 nitrogen and oxygen atoms in total. The number of carbonyl (C=O) groups is 2. The number of hydrogen-bond donors (Lipinski definition) is 0. The number of rotatable bonds is 7. The summed E-state index contributed by atoms with van der Waals surface area (Å²) in [6.07, 6.45) is 8.49. The van der Waals surface area contributed by atoms with Crippen molar-refractivity contribution in [3.63, 3.8) is 0 Å². The third-order valence-corrected chi connectivity index (χ3v) is 3.66. The van der Waals surface area contributed by atoms with Crippen molar-refractivity contribution in [3.05, 3.63) is 12.7 Å². The van der Waals surface area contributed by atoms with Crippen molar-refractivity contribution < 1.29 is 14.3 Å². The lowest BCUT2D eigenvalue weighted by Gasteiger charge is -2.28. The third kappa shape index (κ3) is 6.04. The topological polar surface area (TPSA) is 43.4 Å². The van der Waals surface area contributed by atoms with Gasteiger partial charge in [0.25, 0.3) is 6.47 Å². The number of ketones is 1. The van der Waals surface area contributed by atoms with E-state index in [9.17, 15) is 9.59 Å². The van der Waals surface area contributed by atoms with E-state index in [-0.39, 0.29) is 11.7 Å². The van der Waals surface area contributed by atoms with E-state index in [0.29, 0.717) is 19.3 Å². The number of carbonyl (C=O) groups excluding carboxylic acids is 2. The van der Waals surface area contributed by atoms with Gasteiger partial charge >= 0.3 is 0 Å². The summed E-state index contributed by atoms with van der Waals surface area (Å²) in [6, 6.07) is 0. The highest BCUT2D eigenvalue weighted by atomic mass is 16.5. The van der Waals surface area contributed by atoms with Crippen LogP contribution in [-0.2, 0) is 14.3 Å². The molecule has 0 amide bonds. The predicted molar refractivity (Wildman–Crippen MR) is 77.9 cm³/mol. The summed E-state index contributed by atoms with van der Waals surface area (Å²) >= 11 is 0. The molecule has 2 atom stereocenters. The first-order valence-electron chi connectivity index (χ1n) is 7.27. The van der Waals surface area contributed by atoms with Gasteiger partial charge in [-0.15, -0.1) is 6.58 Å². The third-order valence-electron chi connectivity index (χ3n) is 3.66. The summed E-state index contributed by atoms with van der Waals surface area (Å²) in [4.78, 5) is 22.2. The molecule has 19 heavy (non-hydrogen) atoms. The van der Waals surface area contributed by atoms with Gasteiger partial charge in [-0.25, -0.2) is 0 Å². The fourth-order valence-electron chi connectivity index (χ4n) is 2.55. The second-order valence-electron chi connectivity index (χ2n) is 5.30. The largest absolute Gasteiger partial charge is 0.461 e. The van der Waals surface area contributed by atoms with Crippen LogP contribution in [0.3, 0.4) is 0 Å². The van der Waals surface area contributed by atoms with Gasteiger partial charge in [-0.2, -0.15) is 0 Å². The van der Waals surface area contributed by atoms with Crippen molar-refractivity contribution in [2.75, 3.05) is 0 Å². The van der Waals surface area contributed by atoms with Gasteiger partial charge in [0, 0.05) is 6.42 Å². The van der Waals surface area contributed by atoms with Crippen molar-refractivity contribution >= 4 is 12.3 Å². The van der Waals surface area contributed by atoms with Gasteiger partial charge in [0.1, 0.15) is 11.4 Å². The maximum atomic E-state index is 11.7. The van der Waals surface area contributed by atoms with E-state index < -0.39 is 5.60 Å². The van der Waals surface area contributed by atoms with E-state index in [1.54, 1.807) is 6.08 Å². The quantitative estimate of drug-likeness (QED) is 0.397. The standard InChI is InChI=1S/C13H22O3.C3H6/c1-3-4-5-6-7-11-12(15)8-9-13(11,2)16-10-14;1-3-2/h10-11H,3-9H2,1-2H3;3H,1H2,2H3. The highest BCUT2D eigenvalue weighted by Crippen LogP contribution is 2.38. The molecule has 0 aliphatic heterocycles. The Hall–Kier alpha value is -1.12. The maximum absolute atomic E-state index is 11.7. The predicted octanol–water partition coefficient (Wildman–Crippen LogP) is 4.06. The Morgan fingerprint density at radius 1 is 1.42 bits per heavy atom. The Morgan fingerprint density at radius 2 is 2.05 bits per heavy atom. The fourth-order valence-corrected chi connectivity index (χ4v) is 2.55. The normalized spacial score (nSPS) is 25.4. The molecule has 0 N–H and O–H groups in total. The zero-order chi connectivity index (χ0) is 14.7. The Kier molecular flexibility index (Phi) is 9.19. The lowest BCUT2D eigenvalue weighted by atomic mass is 9.87. The summed E-state index contributed by atoms with van der Waals surface area (Å²) in [7, 11) is 0. The molecule has 1 aliphatic carbocycles. The first-order valence-corrected chi connectivity index (χ1v) is 7.27. The van der Waals surface area contributed by atoms with E-state index in [0.717, 1.165) is 19.3 Å². The number of allylic oxidation sites excluding steroid dienone is 1. The molecule has 0 radical (unpaired) electrons. The Bertz CT molecular complexity index is 286. The zero-order valence-corrected chi connectivity index (χ0v) is 12.6. The highest BCUT2D eigenvalue weighted by molar-refractivity contribution is 5.85. The molecule has 1 aliphatic rings. The molecule has 110 valence electrons. The van der Waals surface area contributed by atoms with Crippen LogP contribution < -0.4 is 0 Å². The monoisotopic (exact) mass is 268 g/mol. The first kappa shape index (κ1) is 17.9. The van der Waals surface area contributed by atoms with Crippen LogP contribution in [0.1, 0.15) is 65.7 Å². The number of ether oxygens (including phenoxy) is 1. The Labute approximate surface area is 117 Å². The molecule has 1 rings (SSSR count). The minimum atomic E-state index is -0.537. The van der Waals surface area contributed by atoms with Gasteiger partial charge in [-0.3, -0.25) is 9.59 Å². The fraction of sp³-hybridized carbons (Fsp3) is 0.750. The van der Waals surface area contributed by atoms with Crippen LogP contribution in [-0.4, -0.2) is 17.9 Å². The summed E-state index contributed by atoms with van der Waals surface area (Å²) < 4.78 is 5.13. The lowest BCUT2D eigenvalue weighted by molar-refractivity contribution is -0.147. The summed E-state index contributed by atoms with van der Waals surface area (Å²) in [6.45, 7) is 9.79. The second kappa shape index (κ2) is 9.76. The van der Waals surface area contributed by atoms with Crippen molar-refractivity contribution in [2.24, 2.45) is 5.92 Å². The van der Waals surface area contributed by atoms with Crippen LogP contribution in [0.15, 0.2) is 12.7 Å².